The molecular formula is C11H20N2O5. The molecule has 0 aromatic heterocycles. The molecule has 1 fully saturated rings. The fourth-order valence-electron chi connectivity index (χ4n) is 1.65. The van der Waals surface area contributed by atoms with Crippen LogP contribution in [0.3, 0.4) is 0 Å². The number of carbonyl (C=O) groups excluding carboxylic acids is 1. The molecular weight excluding hydrogens is 240 g/mol. The number of carbonyl (C=O) groups is 1. The van der Waals surface area contributed by atoms with Gasteiger partial charge < -0.3 is 25.2 Å². The number of esters is 1. The highest BCUT2D eigenvalue weighted by molar-refractivity contribution is 5.86. The van der Waals surface area contributed by atoms with Crippen LogP contribution in [0.5, 0.6) is 0 Å². The smallest absolute Gasteiger partial charge is 0.335 e. The molecule has 1 rings (SSSR count). The highest BCUT2D eigenvalue weighted by atomic mass is 16.7. The van der Waals surface area contributed by atoms with Crippen LogP contribution in [-0.2, 0) is 19.0 Å². The summed E-state index contributed by atoms with van der Waals surface area (Å²) in [5.41, 5.74) is 5.38. The zero-order valence-corrected chi connectivity index (χ0v) is 10.5. The van der Waals surface area contributed by atoms with E-state index in [1.54, 1.807) is 6.92 Å². The van der Waals surface area contributed by atoms with Gasteiger partial charge in [-0.05, 0) is 26.2 Å². The maximum absolute atomic E-state index is 11.7. The highest BCUT2D eigenvalue weighted by Crippen LogP contribution is 2.17. The van der Waals surface area contributed by atoms with Crippen molar-refractivity contribution in [2.45, 2.75) is 45.0 Å². The van der Waals surface area contributed by atoms with Crippen LogP contribution in [0.25, 0.3) is 0 Å². The van der Waals surface area contributed by atoms with Gasteiger partial charge in [-0.25, -0.2) is 4.79 Å². The third kappa shape index (κ3) is 4.89. The van der Waals surface area contributed by atoms with Crippen molar-refractivity contribution in [1.29, 1.82) is 0 Å². The molecule has 104 valence electrons. The normalized spacial score (nSPS) is 22.5. The first-order valence-electron chi connectivity index (χ1n) is 6.07. The summed E-state index contributed by atoms with van der Waals surface area (Å²) in [4.78, 5) is 11.7. The van der Waals surface area contributed by atoms with Crippen LogP contribution in [0, 0.1) is 0 Å². The molecule has 0 aromatic carbocycles. The number of hydrogen-bond acceptors (Lipinski definition) is 6. The molecule has 0 aromatic rings. The van der Waals surface area contributed by atoms with Crippen LogP contribution >= 0.6 is 0 Å². The van der Waals surface area contributed by atoms with E-state index in [1.165, 1.54) is 0 Å². The molecule has 1 saturated heterocycles. The molecule has 7 nitrogen and oxygen atoms in total. The SMILES string of the molecule is CCOC(=O)C(C/C(N)=N\O)OC1CCCCO1. The monoisotopic (exact) mass is 260 g/mol. The lowest BCUT2D eigenvalue weighted by Crippen LogP contribution is -2.37. The fourth-order valence-corrected chi connectivity index (χ4v) is 1.65. The molecule has 1 aliphatic heterocycles. The molecule has 2 unspecified atom stereocenters. The van der Waals surface area contributed by atoms with Gasteiger partial charge in [0, 0.05) is 13.0 Å². The van der Waals surface area contributed by atoms with Crippen LogP contribution in [-0.4, -0.2) is 42.6 Å². The Bertz CT molecular complexity index is 289. The van der Waals surface area contributed by atoms with Gasteiger partial charge in [-0.3, -0.25) is 0 Å². The molecule has 0 bridgehead atoms. The Morgan fingerprint density at radius 3 is 2.94 bits per heavy atom. The maximum Gasteiger partial charge on any atom is 0.335 e. The van der Waals surface area contributed by atoms with E-state index in [0.29, 0.717) is 6.61 Å². The van der Waals surface area contributed by atoms with E-state index < -0.39 is 18.4 Å². The largest absolute Gasteiger partial charge is 0.464 e. The van der Waals surface area contributed by atoms with Gasteiger partial charge in [0.05, 0.1) is 6.61 Å². The van der Waals surface area contributed by atoms with E-state index in [4.69, 9.17) is 25.2 Å². The van der Waals surface area contributed by atoms with E-state index in [9.17, 15) is 4.79 Å². The minimum Gasteiger partial charge on any atom is -0.464 e. The third-order valence-corrected chi connectivity index (χ3v) is 2.53. The maximum atomic E-state index is 11.7. The summed E-state index contributed by atoms with van der Waals surface area (Å²) in [7, 11) is 0. The number of rotatable bonds is 6. The lowest BCUT2D eigenvalue weighted by Gasteiger charge is -2.26. The first-order valence-corrected chi connectivity index (χ1v) is 6.07. The molecule has 1 aliphatic rings. The number of oxime groups is 1. The van der Waals surface area contributed by atoms with Crippen molar-refractivity contribution >= 4 is 11.8 Å². The summed E-state index contributed by atoms with van der Waals surface area (Å²) >= 11 is 0. The summed E-state index contributed by atoms with van der Waals surface area (Å²) in [5.74, 6) is -0.609. The Morgan fingerprint density at radius 1 is 1.61 bits per heavy atom. The second-order valence-electron chi connectivity index (χ2n) is 3.97. The van der Waals surface area contributed by atoms with Crippen molar-refractivity contribution in [3.8, 4) is 0 Å². The third-order valence-electron chi connectivity index (χ3n) is 2.53. The Labute approximate surface area is 106 Å². The van der Waals surface area contributed by atoms with Crippen molar-refractivity contribution < 1.29 is 24.2 Å². The van der Waals surface area contributed by atoms with E-state index >= 15 is 0 Å². The Hall–Kier alpha value is -1.34. The zero-order chi connectivity index (χ0) is 13.4. The van der Waals surface area contributed by atoms with Crippen molar-refractivity contribution in [3.05, 3.63) is 0 Å². The topological polar surface area (TPSA) is 103 Å². The van der Waals surface area contributed by atoms with Gasteiger partial charge in [0.15, 0.2) is 12.4 Å². The average molecular weight is 260 g/mol. The van der Waals surface area contributed by atoms with E-state index in [1.807, 2.05) is 0 Å². The first kappa shape index (κ1) is 14.7. The molecule has 0 aliphatic carbocycles. The zero-order valence-electron chi connectivity index (χ0n) is 10.5. The average Bonchev–Trinajstić information content (AvgIpc) is 2.39. The molecule has 0 saturated carbocycles. The quantitative estimate of drug-likeness (QED) is 0.238. The summed E-state index contributed by atoms with van der Waals surface area (Å²) in [6, 6.07) is 0. The van der Waals surface area contributed by atoms with Gasteiger partial charge in [-0.2, -0.15) is 0 Å². The van der Waals surface area contributed by atoms with Crippen LogP contribution < -0.4 is 5.73 Å². The van der Waals surface area contributed by atoms with Crippen LogP contribution in [0.15, 0.2) is 5.16 Å². The molecule has 0 spiro atoms. The molecule has 3 N–H and O–H groups in total. The van der Waals surface area contributed by atoms with E-state index in [-0.39, 0.29) is 18.9 Å². The second kappa shape index (κ2) is 7.88. The van der Waals surface area contributed by atoms with Crippen molar-refractivity contribution in [2.75, 3.05) is 13.2 Å². The highest BCUT2D eigenvalue weighted by Gasteiger charge is 2.27. The number of nitrogens with zero attached hydrogens (tertiary/aromatic N) is 1. The van der Waals surface area contributed by atoms with E-state index in [2.05, 4.69) is 5.16 Å². The van der Waals surface area contributed by atoms with Crippen molar-refractivity contribution in [2.24, 2.45) is 10.9 Å². The molecule has 7 heteroatoms. The van der Waals surface area contributed by atoms with Crippen molar-refractivity contribution in [3.63, 3.8) is 0 Å². The van der Waals surface area contributed by atoms with Crippen LogP contribution in [0.2, 0.25) is 0 Å². The van der Waals surface area contributed by atoms with Gasteiger partial charge >= 0.3 is 5.97 Å². The summed E-state index contributed by atoms with van der Waals surface area (Å²) in [6.07, 6.45) is 1.36. The van der Waals surface area contributed by atoms with E-state index in [0.717, 1.165) is 19.3 Å². The first-order chi connectivity index (χ1) is 8.67. The van der Waals surface area contributed by atoms with Gasteiger partial charge in [0.1, 0.15) is 5.84 Å². The standard InChI is InChI=1S/C11H20N2O5/c1-2-16-11(14)8(7-9(12)13-15)18-10-5-3-4-6-17-10/h8,10,15H,2-7H2,1H3,(H2,12,13). The minimum absolute atomic E-state index is 0.0187. The van der Waals surface area contributed by atoms with Crippen molar-refractivity contribution in [1.82, 2.24) is 0 Å². The molecule has 1 heterocycles. The van der Waals surface area contributed by atoms with Crippen LogP contribution in [0.4, 0.5) is 0 Å². The minimum atomic E-state index is -0.899. The lowest BCUT2D eigenvalue weighted by atomic mass is 10.2. The molecule has 2 atom stereocenters. The summed E-state index contributed by atoms with van der Waals surface area (Å²) in [5, 5.41) is 11.4. The fraction of sp³-hybridized carbons (Fsp3) is 0.818. The number of hydrogen-bond donors (Lipinski definition) is 2. The Morgan fingerprint density at radius 2 is 2.39 bits per heavy atom. The summed E-state index contributed by atoms with van der Waals surface area (Å²) < 4.78 is 15.8. The Balaban J connectivity index is 2.54. The van der Waals surface area contributed by atoms with Gasteiger partial charge in [0.25, 0.3) is 0 Å². The van der Waals surface area contributed by atoms with Crippen LogP contribution in [0.1, 0.15) is 32.6 Å². The number of ether oxygens (including phenoxy) is 3. The number of nitrogens with two attached hydrogens (primary N) is 1. The Kier molecular flexibility index (Phi) is 6.45. The molecule has 0 radical (unpaired) electrons. The predicted molar refractivity (Wildman–Crippen MR) is 63.1 cm³/mol. The summed E-state index contributed by atoms with van der Waals surface area (Å²) in [6.45, 7) is 2.57. The predicted octanol–water partition coefficient (Wildman–Crippen LogP) is 0.598. The molecule has 0 amide bonds. The van der Waals surface area contributed by atoms with Gasteiger partial charge in [-0.15, -0.1) is 0 Å². The van der Waals surface area contributed by atoms with Gasteiger partial charge in [0.2, 0.25) is 0 Å². The number of amidine groups is 1. The lowest BCUT2D eigenvalue weighted by molar-refractivity contribution is -0.202. The van der Waals surface area contributed by atoms with Gasteiger partial charge in [-0.1, -0.05) is 5.16 Å². The second-order valence-corrected chi connectivity index (χ2v) is 3.97. The molecule has 18 heavy (non-hydrogen) atoms.